The van der Waals surface area contributed by atoms with E-state index in [4.69, 9.17) is 4.99 Å². The molecule has 4 nitrogen and oxygen atoms in total. The number of likely N-dealkylation sites (N-methyl/N-ethyl adjacent to an activating group) is 1. The molecule has 0 saturated heterocycles. The lowest BCUT2D eigenvalue weighted by atomic mass is 9.72. The van der Waals surface area contributed by atoms with E-state index >= 15 is 0 Å². The van der Waals surface area contributed by atoms with Crippen molar-refractivity contribution in [3.05, 3.63) is 45.8 Å². The predicted molar refractivity (Wildman–Crippen MR) is 115 cm³/mol. The zero-order chi connectivity index (χ0) is 20.1. The number of thiophene rings is 1. The van der Waals surface area contributed by atoms with E-state index in [2.05, 4.69) is 26.8 Å². The van der Waals surface area contributed by atoms with Gasteiger partial charge in [-0.3, -0.25) is 4.79 Å². The van der Waals surface area contributed by atoms with Gasteiger partial charge in [-0.25, -0.2) is 4.99 Å². The Labute approximate surface area is 170 Å². The van der Waals surface area contributed by atoms with Crippen LogP contribution < -0.4 is 4.90 Å². The minimum atomic E-state index is -0.0773. The number of fused-ring (bicyclic) bond motifs is 2. The number of aliphatic imine (C=N–C) groups is 1. The Kier molecular flexibility index (Phi) is 4.63. The van der Waals surface area contributed by atoms with Crippen molar-refractivity contribution in [2.75, 3.05) is 11.4 Å². The number of anilines is 1. The number of hydrogen-bond acceptors (Lipinski definition) is 4. The average Bonchev–Trinajstić information content (AvgIpc) is 3.15. The second kappa shape index (κ2) is 6.86. The molecule has 2 aromatic rings. The third-order valence-corrected chi connectivity index (χ3v) is 7.16. The first-order valence-corrected chi connectivity index (χ1v) is 10.7. The highest BCUT2D eigenvalue weighted by Gasteiger charge is 2.35. The maximum atomic E-state index is 12.9. The number of carbonyl (C=O) groups excluding carboxylic acids is 1. The van der Waals surface area contributed by atoms with E-state index in [0.29, 0.717) is 28.7 Å². The van der Waals surface area contributed by atoms with Crippen LogP contribution in [-0.4, -0.2) is 18.2 Å². The van der Waals surface area contributed by atoms with E-state index in [0.717, 1.165) is 36.1 Å². The molecule has 1 aliphatic heterocycles. The van der Waals surface area contributed by atoms with Gasteiger partial charge in [0.25, 0.3) is 5.91 Å². The summed E-state index contributed by atoms with van der Waals surface area (Å²) in [6.07, 6.45) is 3.02. The fraction of sp³-hybridized carbons (Fsp3) is 0.435. The molecule has 0 radical (unpaired) electrons. The van der Waals surface area contributed by atoms with Crippen molar-refractivity contribution < 1.29 is 4.79 Å². The lowest BCUT2D eigenvalue weighted by Gasteiger charge is -2.33. The molecule has 2 heterocycles. The Balaban J connectivity index is 1.79. The third kappa shape index (κ3) is 2.97. The van der Waals surface area contributed by atoms with Crippen molar-refractivity contribution >= 4 is 33.6 Å². The van der Waals surface area contributed by atoms with E-state index in [1.807, 2.05) is 31.2 Å². The molecule has 0 fully saturated rings. The molecule has 1 aliphatic carbocycles. The van der Waals surface area contributed by atoms with Gasteiger partial charge in [0.2, 0.25) is 0 Å². The first-order chi connectivity index (χ1) is 13.3. The fourth-order valence-corrected chi connectivity index (χ4v) is 5.54. The smallest absolute Gasteiger partial charge is 0.277 e. The highest BCUT2D eigenvalue weighted by atomic mass is 32.1. The molecule has 0 bridgehead atoms. The number of carbonyl (C=O) groups is 1. The van der Waals surface area contributed by atoms with Gasteiger partial charge in [0, 0.05) is 17.0 Å². The van der Waals surface area contributed by atoms with E-state index in [9.17, 15) is 10.1 Å². The highest BCUT2D eigenvalue weighted by molar-refractivity contribution is 7.16. The summed E-state index contributed by atoms with van der Waals surface area (Å²) in [5, 5.41) is 10.5. The quantitative estimate of drug-likeness (QED) is 0.701. The Morgan fingerprint density at radius 1 is 1.32 bits per heavy atom. The maximum absolute atomic E-state index is 12.9. The number of benzene rings is 1. The SMILES string of the molecule is CCN1C(=O)C(=Nc2sc3c(c2C#N)CC[C@H](C(C)(C)C)C3)c2ccccc21. The Morgan fingerprint density at radius 2 is 2.07 bits per heavy atom. The van der Waals surface area contributed by atoms with E-state index in [1.165, 1.54) is 4.88 Å². The zero-order valence-electron chi connectivity index (χ0n) is 16.9. The first kappa shape index (κ1) is 18.9. The van der Waals surface area contributed by atoms with Crippen LogP contribution in [-0.2, 0) is 17.6 Å². The summed E-state index contributed by atoms with van der Waals surface area (Å²) < 4.78 is 0. The maximum Gasteiger partial charge on any atom is 0.277 e. The van der Waals surface area contributed by atoms with Crippen molar-refractivity contribution in [3.8, 4) is 6.07 Å². The molecule has 2 aliphatic rings. The normalized spacial score (nSPS) is 20.2. The average molecular weight is 392 g/mol. The molecule has 144 valence electrons. The van der Waals surface area contributed by atoms with Crippen LogP contribution in [0.3, 0.4) is 0 Å². The second-order valence-electron chi connectivity index (χ2n) is 8.63. The Morgan fingerprint density at radius 3 is 2.75 bits per heavy atom. The first-order valence-electron chi connectivity index (χ1n) is 9.89. The number of hydrogen-bond donors (Lipinski definition) is 0. The summed E-state index contributed by atoms with van der Waals surface area (Å²) in [6, 6.07) is 10.1. The molecule has 0 saturated carbocycles. The highest BCUT2D eigenvalue weighted by Crippen LogP contribution is 2.45. The summed E-state index contributed by atoms with van der Waals surface area (Å²) in [4.78, 5) is 20.7. The van der Waals surface area contributed by atoms with Gasteiger partial charge in [0.05, 0.1) is 11.3 Å². The predicted octanol–water partition coefficient (Wildman–Crippen LogP) is 5.26. The number of nitriles is 1. The molecule has 1 amide bonds. The molecule has 28 heavy (non-hydrogen) atoms. The van der Waals surface area contributed by atoms with Gasteiger partial charge < -0.3 is 4.90 Å². The summed E-state index contributed by atoms with van der Waals surface area (Å²) in [5.41, 5.74) is 4.29. The van der Waals surface area contributed by atoms with E-state index < -0.39 is 0 Å². The number of nitrogens with zero attached hydrogens (tertiary/aromatic N) is 3. The van der Waals surface area contributed by atoms with Gasteiger partial charge in [-0.05, 0) is 49.1 Å². The van der Waals surface area contributed by atoms with Gasteiger partial charge in [0.1, 0.15) is 16.8 Å². The van der Waals surface area contributed by atoms with E-state index in [1.54, 1.807) is 16.2 Å². The lowest BCUT2D eigenvalue weighted by Crippen LogP contribution is -2.29. The van der Waals surface area contributed by atoms with Crippen molar-refractivity contribution in [1.82, 2.24) is 0 Å². The molecule has 0 N–H and O–H groups in total. The van der Waals surface area contributed by atoms with Crippen molar-refractivity contribution in [3.63, 3.8) is 0 Å². The minimum Gasteiger partial charge on any atom is -0.307 e. The minimum absolute atomic E-state index is 0.0773. The van der Waals surface area contributed by atoms with E-state index in [-0.39, 0.29) is 11.3 Å². The largest absolute Gasteiger partial charge is 0.307 e. The molecular formula is C23H25N3OS. The van der Waals surface area contributed by atoms with Crippen LogP contribution in [0, 0.1) is 22.7 Å². The standard InChI is InChI=1S/C23H25N3OS/c1-5-26-18-9-7-6-8-16(18)20(22(26)27)25-21-17(13-24)15-11-10-14(23(2,3)4)12-19(15)28-21/h6-9,14H,5,10-12H2,1-4H3/t14-/m0/s1. The van der Waals surface area contributed by atoms with Crippen molar-refractivity contribution in [2.24, 2.45) is 16.3 Å². The van der Waals surface area contributed by atoms with Crippen LogP contribution in [0.15, 0.2) is 29.3 Å². The Hall–Kier alpha value is -2.45. The Bertz CT molecular complexity index is 1020. The van der Waals surface area contributed by atoms with Crippen LogP contribution in [0.5, 0.6) is 0 Å². The lowest BCUT2D eigenvalue weighted by molar-refractivity contribution is -0.112. The molecule has 1 aromatic heterocycles. The molecular weight excluding hydrogens is 366 g/mol. The molecule has 1 atom stereocenters. The van der Waals surface area contributed by atoms with Gasteiger partial charge in [-0.1, -0.05) is 39.0 Å². The summed E-state index contributed by atoms with van der Waals surface area (Å²) >= 11 is 1.60. The number of amides is 1. The molecule has 0 unspecified atom stereocenters. The monoisotopic (exact) mass is 391 g/mol. The van der Waals surface area contributed by atoms with Crippen LogP contribution in [0.1, 0.15) is 55.7 Å². The zero-order valence-corrected chi connectivity index (χ0v) is 17.7. The number of rotatable bonds is 2. The van der Waals surface area contributed by atoms with Gasteiger partial charge >= 0.3 is 0 Å². The fourth-order valence-electron chi connectivity index (χ4n) is 4.29. The third-order valence-electron chi connectivity index (χ3n) is 6.01. The van der Waals surface area contributed by atoms with Crippen LogP contribution in [0.4, 0.5) is 10.7 Å². The van der Waals surface area contributed by atoms with Crippen molar-refractivity contribution in [1.29, 1.82) is 5.26 Å². The summed E-state index contributed by atoms with van der Waals surface area (Å²) in [7, 11) is 0. The topological polar surface area (TPSA) is 56.5 Å². The molecule has 1 aromatic carbocycles. The van der Waals surface area contributed by atoms with Gasteiger partial charge in [-0.2, -0.15) is 5.26 Å². The van der Waals surface area contributed by atoms with Crippen LogP contribution in [0.25, 0.3) is 0 Å². The van der Waals surface area contributed by atoms with Gasteiger partial charge in [0.15, 0.2) is 0 Å². The second-order valence-corrected chi connectivity index (χ2v) is 9.71. The summed E-state index contributed by atoms with van der Waals surface area (Å²) in [5.74, 6) is 0.529. The molecule has 0 spiro atoms. The molecule has 4 rings (SSSR count). The van der Waals surface area contributed by atoms with Crippen molar-refractivity contribution in [2.45, 2.75) is 47.0 Å². The van der Waals surface area contributed by atoms with Gasteiger partial charge in [-0.15, -0.1) is 11.3 Å². The molecule has 5 heteroatoms. The van der Waals surface area contributed by atoms with Crippen LogP contribution in [0.2, 0.25) is 0 Å². The number of para-hydroxylation sites is 1. The summed E-state index contributed by atoms with van der Waals surface area (Å²) in [6.45, 7) is 9.44. The van der Waals surface area contributed by atoms with Crippen LogP contribution >= 0.6 is 11.3 Å².